The molecule has 1 saturated carbocycles. The maximum atomic E-state index is 13.3. The average Bonchev–Trinajstić information content (AvgIpc) is 3.40. The molecule has 2 fully saturated rings. The van der Waals surface area contributed by atoms with E-state index in [1.54, 1.807) is 24.5 Å². The summed E-state index contributed by atoms with van der Waals surface area (Å²) in [6, 6.07) is 5.76. The van der Waals surface area contributed by atoms with Crippen molar-refractivity contribution in [3.8, 4) is 11.6 Å². The quantitative estimate of drug-likeness (QED) is 0.381. The predicted octanol–water partition coefficient (Wildman–Crippen LogP) is 2.81. The molecule has 1 amide bonds. The summed E-state index contributed by atoms with van der Waals surface area (Å²) in [5, 5.41) is 15.9. The van der Waals surface area contributed by atoms with Crippen LogP contribution >= 0.6 is 0 Å². The largest absolute Gasteiger partial charge is 0.473 e. The number of piperidine rings is 1. The highest BCUT2D eigenvalue weighted by molar-refractivity contribution is 5.79. The first-order chi connectivity index (χ1) is 19.8. The van der Waals surface area contributed by atoms with Crippen LogP contribution in [0.1, 0.15) is 44.2 Å². The minimum atomic E-state index is -1.14. The number of hydrogen-bond acceptors (Lipinski definition) is 8. The lowest BCUT2D eigenvalue weighted by Crippen LogP contribution is -2.51. The number of ether oxygens (including phenoxy) is 1. The van der Waals surface area contributed by atoms with Gasteiger partial charge >= 0.3 is 0 Å². The van der Waals surface area contributed by atoms with Gasteiger partial charge in [-0.3, -0.25) is 19.1 Å². The van der Waals surface area contributed by atoms with Gasteiger partial charge in [0, 0.05) is 25.2 Å². The maximum absolute atomic E-state index is 13.3. The van der Waals surface area contributed by atoms with Crippen LogP contribution in [0.25, 0.3) is 16.7 Å². The monoisotopic (exact) mass is 561 g/mol. The molecular weight excluding hydrogens is 529 g/mol. The van der Waals surface area contributed by atoms with Gasteiger partial charge in [-0.25, -0.2) is 19.0 Å². The lowest BCUT2D eigenvalue weighted by atomic mass is 9.85. The summed E-state index contributed by atoms with van der Waals surface area (Å²) in [5.74, 6) is 0.212. The third kappa shape index (κ3) is 5.69. The number of nitrogens with zero attached hydrogens (tertiary/aromatic N) is 7. The molecular formula is C29H32FN7O4. The zero-order valence-corrected chi connectivity index (χ0v) is 22.8. The van der Waals surface area contributed by atoms with Crippen LogP contribution in [0.4, 0.5) is 4.39 Å². The van der Waals surface area contributed by atoms with Gasteiger partial charge in [-0.1, -0.05) is 0 Å². The highest BCUT2D eigenvalue weighted by Crippen LogP contribution is 2.31. The minimum absolute atomic E-state index is 0.0219. The van der Waals surface area contributed by atoms with Gasteiger partial charge in [0.1, 0.15) is 23.6 Å². The van der Waals surface area contributed by atoms with Gasteiger partial charge in [0.2, 0.25) is 11.8 Å². The van der Waals surface area contributed by atoms with Gasteiger partial charge < -0.3 is 14.7 Å². The van der Waals surface area contributed by atoms with Gasteiger partial charge in [-0.2, -0.15) is 5.10 Å². The lowest BCUT2D eigenvalue weighted by Gasteiger charge is -2.40. The van der Waals surface area contributed by atoms with Crippen molar-refractivity contribution in [1.82, 2.24) is 34.2 Å². The molecule has 0 unspecified atom stereocenters. The Balaban J connectivity index is 1.04. The van der Waals surface area contributed by atoms with Crippen LogP contribution in [0.5, 0.6) is 5.88 Å². The molecule has 11 nitrogen and oxygen atoms in total. The Morgan fingerprint density at radius 1 is 1.10 bits per heavy atom. The number of rotatable bonds is 6. The van der Waals surface area contributed by atoms with E-state index in [2.05, 4.69) is 20.1 Å². The summed E-state index contributed by atoms with van der Waals surface area (Å²) < 4.78 is 22.2. The summed E-state index contributed by atoms with van der Waals surface area (Å²) in [4.78, 5) is 41.2. The molecule has 6 rings (SSSR count). The van der Waals surface area contributed by atoms with Crippen LogP contribution in [0.15, 0.2) is 54.0 Å². The Morgan fingerprint density at radius 3 is 2.54 bits per heavy atom. The molecule has 1 saturated heterocycles. The number of benzene rings is 1. The van der Waals surface area contributed by atoms with Crippen molar-refractivity contribution in [2.24, 2.45) is 5.92 Å². The second-order valence-corrected chi connectivity index (χ2v) is 11.1. The zero-order valence-electron chi connectivity index (χ0n) is 22.8. The number of likely N-dealkylation sites (tertiary alicyclic amines) is 1. The maximum Gasteiger partial charge on any atom is 0.264 e. The van der Waals surface area contributed by atoms with E-state index in [4.69, 9.17) is 4.74 Å². The third-order valence-electron chi connectivity index (χ3n) is 8.14. The van der Waals surface area contributed by atoms with E-state index < -0.39 is 5.60 Å². The minimum Gasteiger partial charge on any atom is -0.473 e. The highest BCUT2D eigenvalue weighted by Gasteiger charge is 2.37. The third-order valence-corrected chi connectivity index (χ3v) is 8.14. The molecule has 12 heteroatoms. The molecule has 1 aromatic carbocycles. The molecule has 1 aliphatic carbocycles. The summed E-state index contributed by atoms with van der Waals surface area (Å²) in [7, 11) is 0. The molecule has 1 N–H and O–H groups in total. The number of aromatic nitrogens is 6. The fourth-order valence-electron chi connectivity index (χ4n) is 5.80. The molecule has 1 aliphatic heterocycles. The molecule has 3 aromatic heterocycles. The van der Waals surface area contributed by atoms with Crippen LogP contribution < -0.4 is 10.3 Å². The normalized spacial score (nSPS) is 20.7. The van der Waals surface area contributed by atoms with Crippen molar-refractivity contribution in [2.75, 3.05) is 13.1 Å². The number of aliphatic hydroxyl groups is 1. The van der Waals surface area contributed by atoms with E-state index in [-0.39, 0.29) is 35.9 Å². The van der Waals surface area contributed by atoms with Crippen molar-refractivity contribution in [3.05, 3.63) is 71.0 Å². The van der Waals surface area contributed by atoms with Gasteiger partial charge in [0.05, 0.1) is 35.9 Å². The van der Waals surface area contributed by atoms with Crippen molar-refractivity contribution in [3.63, 3.8) is 0 Å². The van der Waals surface area contributed by atoms with Crippen LogP contribution in [-0.4, -0.2) is 70.0 Å². The van der Waals surface area contributed by atoms with Crippen LogP contribution in [0, 0.1) is 18.7 Å². The van der Waals surface area contributed by atoms with Crippen LogP contribution in [-0.2, 0) is 11.3 Å². The highest BCUT2D eigenvalue weighted by atomic mass is 19.1. The summed E-state index contributed by atoms with van der Waals surface area (Å²) >= 11 is 0. The van der Waals surface area contributed by atoms with Gasteiger partial charge in [-0.05, 0) is 69.7 Å². The van der Waals surface area contributed by atoms with E-state index in [1.165, 1.54) is 33.9 Å². The molecule has 4 heterocycles. The van der Waals surface area contributed by atoms with Crippen molar-refractivity contribution in [1.29, 1.82) is 0 Å². The number of carbonyl (C=O) groups excluding carboxylic acids is 1. The van der Waals surface area contributed by atoms with Gasteiger partial charge in [-0.15, -0.1) is 0 Å². The van der Waals surface area contributed by atoms with Crippen LogP contribution in [0.2, 0.25) is 0 Å². The van der Waals surface area contributed by atoms with Gasteiger partial charge in [0.15, 0.2) is 5.65 Å². The Morgan fingerprint density at radius 2 is 1.83 bits per heavy atom. The second-order valence-electron chi connectivity index (χ2n) is 11.1. The molecule has 41 heavy (non-hydrogen) atoms. The van der Waals surface area contributed by atoms with Crippen molar-refractivity contribution < 1.29 is 19.0 Å². The van der Waals surface area contributed by atoms with Crippen LogP contribution in [0.3, 0.4) is 0 Å². The number of hydrogen-bond donors (Lipinski definition) is 1. The number of fused-ring (bicyclic) bond motifs is 1. The molecule has 0 spiro atoms. The number of carbonyl (C=O) groups is 1. The van der Waals surface area contributed by atoms with E-state index in [0.717, 1.165) is 31.4 Å². The Labute approximate surface area is 235 Å². The summed E-state index contributed by atoms with van der Waals surface area (Å²) in [6.45, 7) is 2.80. The molecule has 4 aromatic rings. The van der Waals surface area contributed by atoms with Gasteiger partial charge in [0.25, 0.3) is 5.56 Å². The molecule has 214 valence electrons. The smallest absolute Gasteiger partial charge is 0.264 e. The van der Waals surface area contributed by atoms with E-state index in [0.29, 0.717) is 48.5 Å². The van der Waals surface area contributed by atoms with E-state index in [9.17, 15) is 19.1 Å². The Kier molecular flexibility index (Phi) is 7.24. The fourth-order valence-corrected chi connectivity index (χ4v) is 5.80. The zero-order chi connectivity index (χ0) is 28.6. The fraction of sp³-hybridized carbons (Fsp3) is 0.448. The first kappa shape index (κ1) is 27.0. The molecule has 0 bridgehead atoms. The Bertz CT molecular complexity index is 1600. The Hall–Kier alpha value is -4.19. The number of halogens is 1. The first-order valence-electron chi connectivity index (χ1n) is 13.9. The van der Waals surface area contributed by atoms with E-state index >= 15 is 0 Å². The standard InChI is InChI=1S/C29H32FN7O4/c1-19-14-31-16-25(34-19)41-23-8-2-20(3-9-23)27(38)35-12-10-29(40,11-13-35)17-36-18-32-26-24(28(36)39)15-33-37(26)22-6-4-21(30)5-7-22/h4-7,14-16,18,20,23,40H,2-3,8-13,17H2,1H3. The molecule has 0 radical (unpaired) electrons. The van der Waals surface area contributed by atoms with E-state index in [1.807, 2.05) is 11.8 Å². The second kappa shape index (κ2) is 11.0. The van der Waals surface area contributed by atoms with Crippen molar-refractivity contribution in [2.45, 2.75) is 63.7 Å². The lowest BCUT2D eigenvalue weighted by molar-refractivity contribution is -0.141. The summed E-state index contributed by atoms with van der Waals surface area (Å²) in [6.07, 6.45) is 9.94. The predicted molar refractivity (Wildman–Crippen MR) is 147 cm³/mol. The number of amides is 1. The average molecular weight is 562 g/mol. The summed E-state index contributed by atoms with van der Waals surface area (Å²) in [5.41, 5.74) is 0.297. The van der Waals surface area contributed by atoms with Crippen molar-refractivity contribution >= 4 is 16.9 Å². The molecule has 2 aliphatic rings. The molecule has 0 atom stereocenters. The SMILES string of the molecule is Cc1cncc(OC2CCC(C(=O)N3CCC(O)(Cn4cnc5c(cnn5-c5ccc(F)cc5)c4=O)CC3)CC2)n1. The topological polar surface area (TPSA) is 128 Å². The number of aryl methyl sites for hydroxylation is 1. The first-order valence-corrected chi connectivity index (χ1v) is 13.9.